The van der Waals surface area contributed by atoms with E-state index < -0.39 is 0 Å². The topological polar surface area (TPSA) is 80.0 Å². The molecule has 4 N–H and O–H groups in total. The summed E-state index contributed by atoms with van der Waals surface area (Å²) in [6, 6.07) is 3.80. The van der Waals surface area contributed by atoms with Crippen LogP contribution in [0.2, 0.25) is 0 Å². The summed E-state index contributed by atoms with van der Waals surface area (Å²) in [5.41, 5.74) is 6.34. The van der Waals surface area contributed by atoms with Gasteiger partial charge >= 0.3 is 0 Å². The molecule has 6 heteroatoms. The second-order valence-electron chi connectivity index (χ2n) is 3.98. The summed E-state index contributed by atoms with van der Waals surface area (Å²) in [6.45, 7) is 0.623. The molecule has 0 aromatic carbocycles. The number of hydrogen-bond acceptors (Lipinski definition) is 4. The van der Waals surface area contributed by atoms with Crippen molar-refractivity contribution < 1.29 is 4.79 Å². The molecule has 1 aliphatic rings. The Morgan fingerprint density at radius 2 is 2.47 bits per heavy atom. The van der Waals surface area contributed by atoms with Crippen LogP contribution in [-0.4, -0.2) is 28.5 Å². The van der Waals surface area contributed by atoms with Crippen LogP contribution in [0.1, 0.15) is 18.4 Å². The fraction of sp³-hybridized carbons (Fsp3) is 0.364. The summed E-state index contributed by atoms with van der Waals surface area (Å²) in [6.07, 6.45) is 3.02. The standard InChI is InChI=1S/C11H14N4OS/c12-11(17)7-3-4-13-9(5-7)15-8-1-2-10(16)14-6-8/h3-5,8H,1-2,6H2,(H2,12,17)(H,13,15)(H,14,16). The van der Waals surface area contributed by atoms with Crippen molar-refractivity contribution in [3.05, 3.63) is 23.9 Å². The van der Waals surface area contributed by atoms with E-state index in [1.807, 2.05) is 6.07 Å². The fourth-order valence-electron chi connectivity index (χ4n) is 1.73. The SMILES string of the molecule is NC(=S)c1ccnc(NC2CCC(=O)NC2)c1. The molecule has 0 bridgehead atoms. The molecule has 1 amide bonds. The summed E-state index contributed by atoms with van der Waals surface area (Å²) >= 11 is 4.91. The molecule has 90 valence electrons. The first kappa shape index (κ1) is 11.8. The van der Waals surface area contributed by atoms with Crippen molar-refractivity contribution >= 4 is 28.9 Å². The first-order valence-corrected chi connectivity index (χ1v) is 5.85. The number of aromatic nitrogens is 1. The van der Waals surface area contributed by atoms with Gasteiger partial charge < -0.3 is 16.4 Å². The van der Waals surface area contributed by atoms with Gasteiger partial charge in [0, 0.05) is 30.8 Å². The summed E-state index contributed by atoms with van der Waals surface area (Å²) in [5.74, 6) is 0.837. The van der Waals surface area contributed by atoms with Gasteiger partial charge in [-0.1, -0.05) is 12.2 Å². The molecule has 1 saturated heterocycles. The highest BCUT2D eigenvalue weighted by Crippen LogP contribution is 2.12. The van der Waals surface area contributed by atoms with Crippen molar-refractivity contribution in [2.45, 2.75) is 18.9 Å². The Morgan fingerprint density at radius 3 is 3.12 bits per heavy atom. The van der Waals surface area contributed by atoms with Gasteiger partial charge in [-0.25, -0.2) is 4.98 Å². The minimum Gasteiger partial charge on any atom is -0.389 e. The Kier molecular flexibility index (Phi) is 3.53. The molecule has 1 atom stereocenters. The molecular formula is C11H14N4OS. The average molecular weight is 250 g/mol. The lowest BCUT2D eigenvalue weighted by Crippen LogP contribution is -2.42. The molecule has 0 spiro atoms. The third-order valence-corrected chi connectivity index (χ3v) is 2.90. The van der Waals surface area contributed by atoms with Gasteiger partial charge in [-0.15, -0.1) is 0 Å². The van der Waals surface area contributed by atoms with Crippen molar-refractivity contribution in [1.29, 1.82) is 0 Å². The molecule has 1 fully saturated rings. The lowest BCUT2D eigenvalue weighted by molar-refractivity contribution is -0.122. The third kappa shape index (κ3) is 3.13. The van der Waals surface area contributed by atoms with Crippen LogP contribution in [0.3, 0.4) is 0 Å². The predicted octanol–water partition coefficient (Wildman–Crippen LogP) is 0.406. The van der Waals surface area contributed by atoms with E-state index in [1.54, 1.807) is 12.3 Å². The number of piperidine rings is 1. The maximum atomic E-state index is 11.0. The van der Waals surface area contributed by atoms with Crippen molar-refractivity contribution in [3.8, 4) is 0 Å². The first-order chi connectivity index (χ1) is 8.15. The normalized spacial score (nSPS) is 19.5. The molecule has 5 nitrogen and oxygen atoms in total. The van der Waals surface area contributed by atoms with Gasteiger partial charge in [-0.3, -0.25) is 4.79 Å². The van der Waals surface area contributed by atoms with Crippen molar-refractivity contribution in [3.63, 3.8) is 0 Å². The van der Waals surface area contributed by atoms with Crippen LogP contribution in [0, 0.1) is 0 Å². The number of nitrogens with one attached hydrogen (secondary N) is 2. The fourth-order valence-corrected chi connectivity index (χ4v) is 1.85. The minimum absolute atomic E-state index is 0.105. The molecular weight excluding hydrogens is 236 g/mol. The Hall–Kier alpha value is -1.69. The number of amides is 1. The van der Waals surface area contributed by atoms with E-state index in [9.17, 15) is 4.79 Å². The van der Waals surface area contributed by atoms with E-state index in [-0.39, 0.29) is 11.9 Å². The number of anilines is 1. The summed E-state index contributed by atoms with van der Waals surface area (Å²) in [7, 11) is 0. The Bertz CT molecular complexity index is 439. The van der Waals surface area contributed by atoms with Gasteiger partial charge in [0.15, 0.2) is 0 Å². The van der Waals surface area contributed by atoms with Gasteiger partial charge in [0.25, 0.3) is 0 Å². The van der Waals surface area contributed by atoms with Gasteiger partial charge in [0.1, 0.15) is 10.8 Å². The van der Waals surface area contributed by atoms with Crippen LogP contribution >= 0.6 is 12.2 Å². The second kappa shape index (κ2) is 5.09. The minimum atomic E-state index is 0.105. The van der Waals surface area contributed by atoms with E-state index in [1.165, 1.54) is 0 Å². The smallest absolute Gasteiger partial charge is 0.220 e. The number of nitrogens with zero attached hydrogens (tertiary/aromatic N) is 1. The quantitative estimate of drug-likeness (QED) is 0.677. The zero-order valence-corrected chi connectivity index (χ0v) is 10.1. The zero-order valence-electron chi connectivity index (χ0n) is 9.27. The molecule has 0 radical (unpaired) electrons. The van der Waals surface area contributed by atoms with Crippen LogP contribution in [0.4, 0.5) is 5.82 Å². The van der Waals surface area contributed by atoms with Gasteiger partial charge in [0.2, 0.25) is 5.91 Å². The number of pyridine rings is 1. The van der Waals surface area contributed by atoms with Gasteiger partial charge in [-0.05, 0) is 18.6 Å². The second-order valence-corrected chi connectivity index (χ2v) is 4.42. The number of rotatable bonds is 3. The molecule has 0 aliphatic carbocycles. The largest absolute Gasteiger partial charge is 0.389 e. The summed E-state index contributed by atoms with van der Waals surface area (Å²) in [4.78, 5) is 15.6. The van der Waals surface area contributed by atoms with E-state index in [0.717, 1.165) is 17.8 Å². The van der Waals surface area contributed by atoms with E-state index >= 15 is 0 Å². The van der Waals surface area contributed by atoms with Crippen molar-refractivity contribution in [2.75, 3.05) is 11.9 Å². The van der Waals surface area contributed by atoms with E-state index in [0.29, 0.717) is 18.0 Å². The van der Waals surface area contributed by atoms with Crippen molar-refractivity contribution in [2.24, 2.45) is 5.73 Å². The summed E-state index contributed by atoms with van der Waals surface area (Å²) < 4.78 is 0. The molecule has 1 aliphatic heterocycles. The Labute approximate surface area is 105 Å². The lowest BCUT2D eigenvalue weighted by Gasteiger charge is -2.24. The van der Waals surface area contributed by atoms with Gasteiger partial charge in [0.05, 0.1) is 0 Å². The van der Waals surface area contributed by atoms with Crippen LogP contribution in [-0.2, 0) is 4.79 Å². The number of thiocarbonyl (C=S) groups is 1. The highest BCUT2D eigenvalue weighted by molar-refractivity contribution is 7.80. The number of carbonyl (C=O) groups excluding carboxylic acids is 1. The molecule has 2 heterocycles. The van der Waals surface area contributed by atoms with E-state index in [2.05, 4.69) is 15.6 Å². The van der Waals surface area contributed by atoms with Gasteiger partial charge in [-0.2, -0.15) is 0 Å². The lowest BCUT2D eigenvalue weighted by atomic mass is 10.1. The molecule has 2 rings (SSSR count). The maximum Gasteiger partial charge on any atom is 0.220 e. The number of hydrogen-bond donors (Lipinski definition) is 3. The molecule has 1 aromatic rings. The number of nitrogens with two attached hydrogens (primary N) is 1. The van der Waals surface area contributed by atoms with Crippen LogP contribution < -0.4 is 16.4 Å². The Balaban J connectivity index is 2.01. The maximum absolute atomic E-state index is 11.0. The molecule has 1 unspecified atom stereocenters. The van der Waals surface area contributed by atoms with Crippen LogP contribution in [0.5, 0.6) is 0 Å². The zero-order chi connectivity index (χ0) is 12.3. The monoisotopic (exact) mass is 250 g/mol. The average Bonchev–Trinajstić information content (AvgIpc) is 2.32. The van der Waals surface area contributed by atoms with Crippen molar-refractivity contribution in [1.82, 2.24) is 10.3 Å². The van der Waals surface area contributed by atoms with Crippen LogP contribution in [0.15, 0.2) is 18.3 Å². The third-order valence-electron chi connectivity index (χ3n) is 2.66. The summed E-state index contributed by atoms with van der Waals surface area (Å²) in [5, 5.41) is 6.07. The molecule has 1 aromatic heterocycles. The molecule has 17 heavy (non-hydrogen) atoms. The Morgan fingerprint density at radius 1 is 1.65 bits per heavy atom. The van der Waals surface area contributed by atoms with Crippen LogP contribution in [0.25, 0.3) is 0 Å². The molecule has 0 saturated carbocycles. The predicted molar refractivity (Wildman–Crippen MR) is 69.8 cm³/mol. The van der Waals surface area contributed by atoms with E-state index in [4.69, 9.17) is 18.0 Å². The highest BCUT2D eigenvalue weighted by Gasteiger charge is 2.17. The first-order valence-electron chi connectivity index (χ1n) is 5.44. The number of carbonyl (C=O) groups is 1. The highest BCUT2D eigenvalue weighted by atomic mass is 32.1.